The molecule has 4 heteroatoms. The van der Waals surface area contributed by atoms with Gasteiger partial charge < -0.3 is 10.5 Å². The fraction of sp³-hybridized carbons (Fsp3) is 0.571. The molecule has 0 atom stereocenters. The third-order valence-corrected chi connectivity index (χ3v) is 4.22. The van der Waals surface area contributed by atoms with Crippen LogP contribution < -0.4 is 10.5 Å². The van der Waals surface area contributed by atoms with Gasteiger partial charge in [-0.25, -0.2) is 0 Å². The summed E-state index contributed by atoms with van der Waals surface area (Å²) in [6.07, 6.45) is 0.937. The quantitative estimate of drug-likeness (QED) is 0.881. The second-order valence-electron chi connectivity index (χ2n) is 4.57. The SMILES string of the molecule is COc1ccc(CCN)cc1CN1CCSCC1. The molecule has 0 radical (unpaired) electrons. The lowest BCUT2D eigenvalue weighted by atomic mass is 10.1. The Morgan fingerprint density at radius 3 is 2.78 bits per heavy atom. The van der Waals surface area contributed by atoms with E-state index in [-0.39, 0.29) is 0 Å². The third-order valence-electron chi connectivity index (χ3n) is 3.28. The summed E-state index contributed by atoms with van der Waals surface area (Å²) in [6, 6.07) is 6.42. The lowest BCUT2D eigenvalue weighted by Crippen LogP contribution is -2.32. The second kappa shape index (κ2) is 7.02. The van der Waals surface area contributed by atoms with Crippen molar-refractivity contribution in [1.82, 2.24) is 4.90 Å². The molecule has 2 rings (SSSR count). The normalized spacial score (nSPS) is 16.8. The molecule has 1 fully saturated rings. The Morgan fingerprint density at radius 2 is 2.11 bits per heavy atom. The Balaban J connectivity index is 2.09. The smallest absolute Gasteiger partial charge is 0.123 e. The lowest BCUT2D eigenvalue weighted by Gasteiger charge is -2.27. The van der Waals surface area contributed by atoms with Crippen LogP contribution in [0.25, 0.3) is 0 Å². The van der Waals surface area contributed by atoms with Gasteiger partial charge in [0.2, 0.25) is 0 Å². The van der Waals surface area contributed by atoms with E-state index in [1.54, 1.807) is 7.11 Å². The molecule has 1 aromatic carbocycles. The van der Waals surface area contributed by atoms with Crippen LogP contribution in [0.15, 0.2) is 18.2 Å². The van der Waals surface area contributed by atoms with Crippen molar-refractivity contribution >= 4 is 11.8 Å². The van der Waals surface area contributed by atoms with Crippen LogP contribution in [0.1, 0.15) is 11.1 Å². The van der Waals surface area contributed by atoms with E-state index in [1.165, 1.54) is 35.7 Å². The molecule has 0 saturated carbocycles. The summed E-state index contributed by atoms with van der Waals surface area (Å²) in [4.78, 5) is 2.50. The fourth-order valence-corrected chi connectivity index (χ4v) is 3.26. The van der Waals surface area contributed by atoms with Gasteiger partial charge in [-0.2, -0.15) is 11.8 Å². The molecule has 0 aliphatic carbocycles. The van der Waals surface area contributed by atoms with Crippen molar-refractivity contribution in [2.24, 2.45) is 5.73 Å². The van der Waals surface area contributed by atoms with Crippen molar-refractivity contribution in [2.75, 3.05) is 38.2 Å². The van der Waals surface area contributed by atoms with Gasteiger partial charge in [-0.3, -0.25) is 4.90 Å². The third kappa shape index (κ3) is 3.64. The van der Waals surface area contributed by atoms with Crippen LogP contribution in [0.3, 0.4) is 0 Å². The number of nitrogens with two attached hydrogens (primary N) is 1. The van der Waals surface area contributed by atoms with E-state index in [2.05, 4.69) is 23.1 Å². The molecule has 1 aliphatic heterocycles. The van der Waals surface area contributed by atoms with Crippen molar-refractivity contribution in [1.29, 1.82) is 0 Å². The average molecular weight is 266 g/mol. The highest BCUT2D eigenvalue weighted by molar-refractivity contribution is 7.99. The highest BCUT2D eigenvalue weighted by atomic mass is 32.2. The summed E-state index contributed by atoms with van der Waals surface area (Å²) in [5.74, 6) is 3.48. The summed E-state index contributed by atoms with van der Waals surface area (Å²) < 4.78 is 5.46. The Kier molecular flexibility index (Phi) is 5.35. The number of nitrogens with zero attached hydrogens (tertiary/aromatic N) is 1. The number of hydrogen-bond acceptors (Lipinski definition) is 4. The lowest BCUT2D eigenvalue weighted by molar-refractivity contribution is 0.288. The Labute approximate surface area is 114 Å². The van der Waals surface area contributed by atoms with Gasteiger partial charge >= 0.3 is 0 Å². The molecule has 100 valence electrons. The van der Waals surface area contributed by atoms with Crippen molar-refractivity contribution in [3.8, 4) is 5.75 Å². The zero-order chi connectivity index (χ0) is 12.8. The molecule has 0 amide bonds. The Hall–Kier alpha value is -0.710. The summed E-state index contributed by atoms with van der Waals surface area (Å²) in [7, 11) is 1.74. The van der Waals surface area contributed by atoms with E-state index in [4.69, 9.17) is 10.5 Å². The van der Waals surface area contributed by atoms with Gasteiger partial charge in [0.05, 0.1) is 7.11 Å². The van der Waals surface area contributed by atoms with Crippen LogP contribution in [0.5, 0.6) is 5.75 Å². The average Bonchev–Trinajstić information content (AvgIpc) is 2.41. The van der Waals surface area contributed by atoms with Crippen molar-refractivity contribution < 1.29 is 4.74 Å². The molecule has 1 aromatic rings. The van der Waals surface area contributed by atoms with Gasteiger partial charge in [-0.05, 0) is 24.6 Å². The predicted molar refractivity (Wildman–Crippen MR) is 78.4 cm³/mol. The Bertz CT molecular complexity index is 378. The van der Waals surface area contributed by atoms with E-state index >= 15 is 0 Å². The maximum absolute atomic E-state index is 5.62. The molecule has 0 unspecified atom stereocenters. The summed E-state index contributed by atoms with van der Waals surface area (Å²) in [5.41, 5.74) is 8.21. The maximum Gasteiger partial charge on any atom is 0.123 e. The zero-order valence-corrected chi connectivity index (χ0v) is 11.8. The molecule has 3 nitrogen and oxygen atoms in total. The summed E-state index contributed by atoms with van der Waals surface area (Å²) in [5, 5.41) is 0. The molecule has 1 heterocycles. The molecule has 0 bridgehead atoms. The summed E-state index contributed by atoms with van der Waals surface area (Å²) >= 11 is 2.04. The first-order chi connectivity index (χ1) is 8.83. The molecule has 0 spiro atoms. The minimum atomic E-state index is 0.701. The van der Waals surface area contributed by atoms with Crippen LogP contribution in [0.4, 0.5) is 0 Å². The topological polar surface area (TPSA) is 38.5 Å². The van der Waals surface area contributed by atoms with Crippen LogP contribution in [0, 0.1) is 0 Å². The largest absolute Gasteiger partial charge is 0.496 e. The molecule has 18 heavy (non-hydrogen) atoms. The highest BCUT2D eigenvalue weighted by Gasteiger charge is 2.13. The van der Waals surface area contributed by atoms with E-state index in [9.17, 15) is 0 Å². The van der Waals surface area contributed by atoms with Crippen LogP contribution in [-0.2, 0) is 13.0 Å². The first-order valence-electron chi connectivity index (χ1n) is 6.49. The number of rotatable bonds is 5. The molecule has 1 aliphatic rings. The molecule has 1 saturated heterocycles. The zero-order valence-electron chi connectivity index (χ0n) is 11.0. The molecular formula is C14H22N2OS. The second-order valence-corrected chi connectivity index (χ2v) is 5.80. The fourth-order valence-electron chi connectivity index (χ4n) is 2.28. The molecule has 0 aromatic heterocycles. The van der Waals surface area contributed by atoms with Gasteiger partial charge in [-0.1, -0.05) is 12.1 Å². The highest BCUT2D eigenvalue weighted by Crippen LogP contribution is 2.23. The van der Waals surface area contributed by atoms with Gasteiger partial charge in [0, 0.05) is 36.7 Å². The number of thioether (sulfide) groups is 1. The van der Waals surface area contributed by atoms with Crippen molar-refractivity contribution in [3.05, 3.63) is 29.3 Å². The minimum Gasteiger partial charge on any atom is -0.496 e. The van der Waals surface area contributed by atoms with Gasteiger partial charge in [0.25, 0.3) is 0 Å². The maximum atomic E-state index is 5.62. The number of hydrogen-bond donors (Lipinski definition) is 1. The number of ether oxygens (including phenoxy) is 1. The number of methoxy groups -OCH3 is 1. The van der Waals surface area contributed by atoms with Crippen LogP contribution in [0.2, 0.25) is 0 Å². The molecule has 2 N–H and O–H groups in total. The summed E-state index contributed by atoms with van der Waals surface area (Å²) in [6.45, 7) is 4.04. The van der Waals surface area contributed by atoms with Crippen LogP contribution in [-0.4, -0.2) is 43.1 Å². The van der Waals surface area contributed by atoms with Crippen LogP contribution >= 0.6 is 11.8 Å². The Morgan fingerprint density at radius 1 is 1.33 bits per heavy atom. The monoisotopic (exact) mass is 266 g/mol. The van der Waals surface area contributed by atoms with E-state index < -0.39 is 0 Å². The van der Waals surface area contributed by atoms with Crippen molar-refractivity contribution in [3.63, 3.8) is 0 Å². The van der Waals surface area contributed by atoms with E-state index in [1.807, 2.05) is 11.8 Å². The minimum absolute atomic E-state index is 0.701. The van der Waals surface area contributed by atoms with Gasteiger partial charge in [-0.15, -0.1) is 0 Å². The van der Waals surface area contributed by atoms with Gasteiger partial charge in [0.1, 0.15) is 5.75 Å². The first-order valence-corrected chi connectivity index (χ1v) is 7.65. The van der Waals surface area contributed by atoms with E-state index in [0.29, 0.717) is 6.54 Å². The standard InChI is InChI=1S/C14H22N2OS/c1-17-14-3-2-12(4-5-15)10-13(14)11-16-6-8-18-9-7-16/h2-3,10H,4-9,11,15H2,1H3. The number of benzene rings is 1. The van der Waals surface area contributed by atoms with E-state index in [0.717, 1.165) is 18.7 Å². The predicted octanol–water partition coefficient (Wildman–Crippen LogP) is 1.75. The molecular weight excluding hydrogens is 244 g/mol. The van der Waals surface area contributed by atoms with Gasteiger partial charge in [0.15, 0.2) is 0 Å². The van der Waals surface area contributed by atoms with Crippen molar-refractivity contribution in [2.45, 2.75) is 13.0 Å². The first kappa shape index (κ1) is 13.7.